The minimum atomic E-state index is -0.604. The number of hydrogen-bond donors (Lipinski definition) is 1. The van der Waals surface area contributed by atoms with E-state index in [1.54, 1.807) is 0 Å². The van der Waals surface area contributed by atoms with Gasteiger partial charge in [-0.2, -0.15) is 0 Å². The van der Waals surface area contributed by atoms with Crippen molar-refractivity contribution in [3.8, 4) is 0 Å². The maximum atomic E-state index is 10.6. The minimum Gasteiger partial charge on any atom is -0.396 e. The Bertz CT molecular complexity index is 191. The van der Waals surface area contributed by atoms with E-state index in [2.05, 4.69) is 11.5 Å². The molecular formula is C9H18NO4+. The van der Waals surface area contributed by atoms with Gasteiger partial charge in [-0.1, -0.05) is 6.58 Å². The van der Waals surface area contributed by atoms with Crippen molar-refractivity contribution in [1.29, 1.82) is 0 Å². The third-order valence-electron chi connectivity index (χ3n) is 1.63. The molecule has 0 aromatic rings. The molecule has 5 nitrogen and oxygen atoms in total. The second-order valence-corrected chi connectivity index (χ2v) is 3.59. The Balaban J connectivity index is 3.64. The van der Waals surface area contributed by atoms with Crippen molar-refractivity contribution in [1.82, 2.24) is 0 Å². The lowest BCUT2D eigenvalue weighted by atomic mass is 10.4. The van der Waals surface area contributed by atoms with Crippen LogP contribution in [-0.4, -0.2) is 49.5 Å². The lowest BCUT2D eigenvalue weighted by Gasteiger charge is -2.27. The molecule has 0 radical (unpaired) electrons. The molecule has 0 rings (SSSR count). The summed E-state index contributed by atoms with van der Waals surface area (Å²) in [6.45, 7) is 4.38. The molecule has 0 unspecified atom stereocenters. The zero-order valence-electron chi connectivity index (χ0n) is 8.73. The SMILES string of the molecule is C=CC(=O)OOC[N+](C)(C)CCCO. The summed E-state index contributed by atoms with van der Waals surface area (Å²) in [6, 6.07) is 0. The third-order valence-corrected chi connectivity index (χ3v) is 1.63. The molecule has 0 aliphatic heterocycles. The van der Waals surface area contributed by atoms with Crippen LogP contribution in [0, 0.1) is 0 Å². The summed E-state index contributed by atoms with van der Waals surface area (Å²) in [6.07, 6.45) is 1.72. The van der Waals surface area contributed by atoms with Crippen molar-refractivity contribution in [3.05, 3.63) is 12.7 Å². The van der Waals surface area contributed by atoms with Crippen LogP contribution >= 0.6 is 0 Å². The molecule has 0 aliphatic carbocycles. The smallest absolute Gasteiger partial charge is 0.365 e. The first-order valence-electron chi connectivity index (χ1n) is 4.40. The van der Waals surface area contributed by atoms with E-state index in [-0.39, 0.29) is 13.3 Å². The zero-order valence-corrected chi connectivity index (χ0v) is 8.73. The summed E-state index contributed by atoms with van der Waals surface area (Å²) in [4.78, 5) is 19.7. The van der Waals surface area contributed by atoms with Gasteiger partial charge in [-0.15, -0.1) is 4.89 Å². The van der Waals surface area contributed by atoms with Gasteiger partial charge in [0.05, 0.1) is 20.6 Å². The van der Waals surface area contributed by atoms with Crippen molar-refractivity contribution in [3.63, 3.8) is 0 Å². The molecule has 5 heteroatoms. The summed E-state index contributed by atoms with van der Waals surface area (Å²) in [7, 11) is 3.83. The van der Waals surface area contributed by atoms with E-state index in [4.69, 9.17) is 9.99 Å². The zero-order chi connectivity index (χ0) is 11.0. The third kappa shape index (κ3) is 6.59. The number of rotatable bonds is 7. The van der Waals surface area contributed by atoms with Gasteiger partial charge in [0.15, 0.2) is 0 Å². The molecule has 82 valence electrons. The molecular weight excluding hydrogens is 186 g/mol. The Morgan fingerprint density at radius 3 is 2.71 bits per heavy atom. The molecule has 0 saturated heterocycles. The fraction of sp³-hybridized carbons (Fsp3) is 0.667. The molecule has 0 aromatic heterocycles. The predicted molar refractivity (Wildman–Crippen MR) is 50.9 cm³/mol. The van der Waals surface area contributed by atoms with Gasteiger partial charge in [-0.05, 0) is 0 Å². The van der Waals surface area contributed by atoms with Crippen LogP contribution in [0.15, 0.2) is 12.7 Å². The van der Waals surface area contributed by atoms with Crippen LogP contribution in [0.5, 0.6) is 0 Å². The number of aliphatic hydroxyl groups is 1. The molecule has 0 amide bonds. The summed E-state index contributed by atoms with van der Waals surface area (Å²) in [5.74, 6) is -0.604. The second kappa shape index (κ2) is 6.53. The van der Waals surface area contributed by atoms with Crippen LogP contribution < -0.4 is 0 Å². The minimum absolute atomic E-state index is 0.147. The van der Waals surface area contributed by atoms with Crippen LogP contribution in [0.1, 0.15) is 6.42 Å². The monoisotopic (exact) mass is 204 g/mol. The van der Waals surface area contributed by atoms with Crippen molar-refractivity contribution >= 4 is 5.97 Å². The van der Waals surface area contributed by atoms with Gasteiger partial charge in [0.25, 0.3) is 0 Å². The van der Waals surface area contributed by atoms with E-state index in [9.17, 15) is 4.79 Å². The highest BCUT2D eigenvalue weighted by molar-refractivity contribution is 5.80. The topological polar surface area (TPSA) is 55.8 Å². The van der Waals surface area contributed by atoms with E-state index in [0.29, 0.717) is 10.9 Å². The number of carbonyl (C=O) groups excluding carboxylic acids is 1. The lowest BCUT2D eigenvalue weighted by molar-refractivity contribution is -0.917. The molecule has 0 heterocycles. The molecule has 0 fully saturated rings. The van der Waals surface area contributed by atoms with Gasteiger partial charge in [-0.25, -0.2) is 4.79 Å². The number of quaternary nitrogens is 1. The highest BCUT2D eigenvalue weighted by Crippen LogP contribution is 1.99. The van der Waals surface area contributed by atoms with E-state index >= 15 is 0 Å². The number of carbonyl (C=O) groups is 1. The van der Waals surface area contributed by atoms with Gasteiger partial charge in [0.2, 0.25) is 6.73 Å². The maximum absolute atomic E-state index is 10.6. The maximum Gasteiger partial charge on any atom is 0.365 e. The van der Waals surface area contributed by atoms with E-state index in [1.165, 1.54) is 0 Å². The average molecular weight is 204 g/mol. The summed E-state index contributed by atoms with van der Waals surface area (Å²) >= 11 is 0. The van der Waals surface area contributed by atoms with Crippen molar-refractivity contribution in [2.24, 2.45) is 0 Å². The quantitative estimate of drug-likeness (QED) is 0.209. The fourth-order valence-corrected chi connectivity index (χ4v) is 0.824. The first kappa shape index (κ1) is 13.1. The second-order valence-electron chi connectivity index (χ2n) is 3.59. The normalized spacial score (nSPS) is 11.1. The Kier molecular flexibility index (Phi) is 6.11. The Morgan fingerprint density at radius 2 is 2.21 bits per heavy atom. The summed E-state index contributed by atoms with van der Waals surface area (Å²) in [5, 5.41) is 8.63. The largest absolute Gasteiger partial charge is 0.396 e. The number of aliphatic hydroxyl groups excluding tert-OH is 1. The molecule has 0 aromatic carbocycles. The molecule has 0 aliphatic rings. The van der Waals surface area contributed by atoms with E-state index < -0.39 is 5.97 Å². The highest BCUT2D eigenvalue weighted by atomic mass is 17.2. The van der Waals surface area contributed by atoms with Crippen molar-refractivity contribution in [2.45, 2.75) is 6.42 Å². The van der Waals surface area contributed by atoms with Crippen LogP contribution in [0.3, 0.4) is 0 Å². The Hall–Kier alpha value is -0.910. The number of hydrogen-bond acceptors (Lipinski definition) is 4. The lowest BCUT2D eigenvalue weighted by Crippen LogP contribution is -2.42. The van der Waals surface area contributed by atoms with E-state index in [1.807, 2.05) is 14.1 Å². The van der Waals surface area contributed by atoms with Crippen LogP contribution in [0.25, 0.3) is 0 Å². The number of nitrogens with zero attached hydrogens (tertiary/aromatic N) is 1. The van der Waals surface area contributed by atoms with Gasteiger partial charge in [0, 0.05) is 19.1 Å². The van der Waals surface area contributed by atoms with Crippen LogP contribution in [-0.2, 0) is 14.6 Å². The Labute approximate surface area is 84.1 Å². The van der Waals surface area contributed by atoms with E-state index in [0.717, 1.165) is 12.6 Å². The summed E-state index contributed by atoms with van der Waals surface area (Å²) < 4.78 is 0.519. The first-order valence-corrected chi connectivity index (χ1v) is 4.40. The average Bonchev–Trinajstić information content (AvgIpc) is 2.14. The first-order chi connectivity index (χ1) is 6.52. The molecule has 0 bridgehead atoms. The van der Waals surface area contributed by atoms with Crippen LogP contribution in [0.4, 0.5) is 0 Å². The van der Waals surface area contributed by atoms with Gasteiger partial charge in [0.1, 0.15) is 0 Å². The standard InChI is InChI=1S/C9H18NO4/c1-4-9(12)14-13-8-10(2,3)6-5-7-11/h4,11H,1,5-8H2,2-3H3/q+1. The highest BCUT2D eigenvalue weighted by Gasteiger charge is 2.15. The fourth-order valence-electron chi connectivity index (χ4n) is 0.824. The van der Waals surface area contributed by atoms with Crippen molar-refractivity contribution < 1.29 is 24.2 Å². The molecule has 0 atom stereocenters. The Morgan fingerprint density at radius 1 is 1.57 bits per heavy atom. The van der Waals surface area contributed by atoms with Gasteiger partial charge < -0.3 is 9.59 Å². The van der Waals surface area contributed by atoms with Crippen LogP contribution in [0.2, 0.25) is 0 Å². The summed E-state index contributed by atoms with van der Waals surface area (Å²) in [5.41, 5.74) is 0. The molecule has 0 spiro atoms. The van der Waals surface area contributed by atoms with Gasteiger partial charge >= 0.3 is 5.97 Å². The predicted octanol–water partition coefficient (Wildman–Crippen LogP) is 0.0635. The molecule has 1 N–H and O–H groups in total. The molecule has 0 saturated carbocycles. The molecule has 14 heavy (non-hydrogen) atoms. The van der Waals surface area contributed by atoms with Crippen molar-refractivity contribution in [2.75, 3.05) is 34.0 Å². The van der Waals surface area contributed by atoms with Gasteiger partial charge in [-0.3, -0.25) is 4.89 Å².